The van der Waals surface area contributed by atoms with E-state index >= 15 is 0 Å². The minimum atomic E-state index is -1.17. The molecule has 0 atom stereocenters. The van der Waals surface area contributed by atoms with Crippen molar-refractivity contribution in [2.75, 3.05) is 12.4 Å². The van der Waals surface area contributed by atoms with E-state index in [-0.39, 0.29) is 5.82 Å². The van der Waals surface area contributed by atoms with Gasteiger partial charge in [-0.25, -0.2) is 19.2 Å². The number of fused-ring (bicyclic) bond motifs is 1. The number of imidazole rings is 1. The van der Waals surface area contributed by atoms with E-state index in [1.165, 1.54) is 28.4 Å². The van der Waals surface area contributed by atoms with Crippen LogP contribution in [0.5, 0.6) is 0 Å². The Hall–Kier alpha value is -3.20. The van der Waals surface area contributed by atoms with Gasteiger partial charge in [-0.2, -0.15) is 9.61 Å². The molecule has 1 N–H and O–H groups in total. The van der Waals surface area contributed by atoms with Gasteiger partial charge in [-0.1, -0.05) is 49.5 Å². The molecule has 176 valence electrons. The molecule has 4 aromatic rings. The number of rotatable bonds is 9. The molecule has 3 heterocycles. The van der Waals surface area contributed by atoms with Crippen LogP contribution in [0.3, 0.4) is 0 Å². The van der Waals surface area contributed by atoms with Gasteiger partial charge >= 0.3 is 5.69 Å². The van der Waals surface area contributed by atoms with Gasteiger partial charge in [0.15, 0.2) is 10.8 Å². The molecular formula is C23H25FN6O2SSi. The second-order valence-electron chi connectivity index (χ2n) is 8.93. The van der Waals surface area contributed by atoms with Crippen molar-refractivity contribution >= 4 is 25.5 Å². The summed E-state index contributed by atoms with van der Waals surface area (Å²) in [4.78, 5) is 24.5. The molecule has 0 fully saturated rings. The zero-order valence-corrected chi connectivity index (χ0v) is 21.0. The smallest absolute Gasteiger partial charge is 0.350 e. The van der Waals surface area contributed by atoms with Crippen molar-refractivity contribution < 1.29 is 9.13 Å². The molecule has 0 aliphatic heterocycles. The number of H-pyrrole nitrogens is 1. The van der Waals surface area contributed by atoms with Crippen molar-refractivity contribution in [2.24, 2.45) is 0 Å². The van der Waals surface area contributed by atoms with E-state index < -0.39 is 13.8 Å². The SMILES string of the molecule is C#CCSc1nc2c(-c3ccc(F)cc3)c(-c3cn(COCC[Si](C)(C)C)cn3)nn2c(=O)[nH]1. The Morgan fingerprint density at radius 2 is 2.03 bits per heavy atom. The second-order valence-corrected chi connectivity index (χ2v) is 15.5. The van der Waals surface area contributed by atoms with Crippen LogP contribution in [0.2, 0.25) is 25.7 Å². The van der Waals surface area contributed by atoms with E-state index in [2.05, 4.69) is 45.6 Å². The van der Waals surface area contributed by atoms with Crippen molar-refractivity contribution in [1.82, 2.24) is 29.1 Å². The Kier molecular flexibility index (Phi) is 7.02. The second kappa shape index (κ2) is 9.96. The molecule has 0 radical (unpaired) electrons. The maximum atomic E-state index is 13.6. The zero-order chi connectivity index (χ0) is 24.3. The molecule has 0 spiro atoms. The predicted octanol–water partition coefficient (Wildman–Crippen LogP) is 4.12. The third-order valence-corrected chi connectivity index (χ3v) is 7.49. The highest BCUT2D eigenvalue weighted by Crippen LogP contribution is 2.33. The first-order chi connectivity index (χ1) is 16.2. The Morgan fingerprint density at radius 3 is 2.74 bits per heavy atom. The van der Waals surface area contributed by atoms with Gasteiger partial charge in [-0.05, 0) is 23.7 Å². The highest BCUT2D eigenvalue weighted by Gasteiger charge is 2.22. The number of hydrogen-bond donors (Lipinski definition) is 1. The Bertz CT molecular complexity index is 1400. The minimum Gasteiger partial charge on any atom is -0.361 e. The van der Waals surface area contributed by atoms with Crippen molar-refractivity contribution in [3.63, 3.8) is 0 Å². The zero-order valence-electron chi connectivity index (χ0n) is 19.2. The maximum Gasteiger partial charge on any atom is 0.350 e. The molecule has 11 heteroatoms. The number of nitrogens with zero attached hydrogens (tertiary/aromatic N) is 5. The van der Waals surface area contributed by atoms with E-state index in [1.54, 1.807) is 18.5 Å². The van der Waals surface area contributed by atoms with Gasteiger partial charge in [-0.3, -0.25) is 4.98 Å². The number of aromatic nitrogens is 6. The third-order valence-electron chi connectivity index (χ3n) is 5.01. The Balaban J connectivity index is 1.74. The maximum absolute atomic E-state index is 13.6. The van der Waals surface area contributed by atoms with Crippen LogP contribution >= 0.6 is 11.8 Å². The lowest BCUT2D eigenvalue weighted by Gasteiger charge is -2.15. The average Bonchev–Trinajstić information content (AvgIpc) is 3.40. The van der Waals surface area contributed by atoms with Gasteiger partial charge in [0.05, 0.1) is 17.6 Å². The van der Waals surface area contributed by atoms with Gasteiger partial charge in [0.1, 0.15) is 23.9 Å². The van der Waals surface area contributed by atoms with Crippen LogP contribution in [0.1, 0.15) is 0 Å². The molecule has 1 aromatic carbocycles. The summed E-state index contributed by atoms with van der Waals surface area (Å²) in [5.74, 6) is 2.51. The number of aromatic amines is 1. The number of benzene rings is 1. The summed E-state index contributed by atoms with van der Waals surface area (Å²) >= 11 is 1.24. The summed E-state index contributed by atoms with van der Waals surface area (Å²) < 4.78 is 22.4. The van der Waals surface area contributed by atoms with Crippen molar-refractivity contribution in [3.05, 3.63) is 53.1 Å². The van der Waals surface area contributed by atoms with Crippen LogP contribution in [0, 0.1) is 18.2 Å². The topological polar surface area (TPSA) is 90.1 Å². The molecule has 0 aliphatic rings. The predicted molar refractivity (Wildman–Crippen MR) is 134 cm³/mol. The lowest BCUT2D eigenvalue weighted by Crippen LogP contribution is -2.21. The molecule has 0 amide bonds. The van der Waals surface area contributed by atoms with Crippen molar-refractivity contribution in [3.8, 4) is 34.9 Å². The Morgan fingerprint density at radius 1 is 1.26 bits per heavy atom. The van der Waals surface area contributed by atoms with Gasteiger partial charge in [0.25, 0.3) is 0 Å². The highest BCUT2D eigenvalue weighted by molar-refractivity contribution is 7.99. The van der Waals surface area contributed by atoms with E-state index in [0.29, 0.717) is 52.4 Å². The number of ether oxygens (including phenoxy) is 1. The quantitative estimate of drug-likeness (QED) is 0.162. The molecule has 0 bridgehead atoms. The molecule has 4 rings (SSSR count). The molecule has 0 unspecified atom stereocenters. The normalized spacial score (nSPS) is 11.7. The van der Waals surface area contributed by atoms with Gasteiger partial charge in [-0.15, -0.1) is 6.42 Å². The number of halogens is 1. The van der Waals surface area contributed by atoms with Crippen LogP contribution in [0.4, 0.5) is 4.39 Å². The molecule has 34 heavy (non-hydrogen) atoms. The Labute approximate surface area is 201 Å². The summed E-state index contributed by atoms with van der Waals surface area (Å²) in [6.07, 6.45) is 8.82. The number of terminal acetylenes is 1. The molecular weight excluding hydrogens is 471 g/mol. The average molecular weight is 497 g/mol. The van der Waals surface area contributed by atoms with Crippen LogP contribution in [-0.4, -0.2) is 49.6 Å². The molecule has 0 aliphatic carbocycles. The summed E-state index contributed by atoms with van der Waals surface area (Å²) in [6, 6.07) is 7.04. The monoisotopic (exact) mass is 496 g/mol. The molecule has 8 nitrogen and oxygen atoms in total. The lowest BCUT2D eigenvalue weighted by atomic mass is 10.0. The fourth-order valence-corrected chi connectivity index (χ4v) is 4.55. The highest BCUT2D eigenvalue weighted by atomic mass is 32.2. The van der Waals surface area contributed by atoms with Gasteiger partial charge in [0.2, 0.25) is 0 Å². The third kappa shape index (κ3) is 5.47. The molecule has 3 aromatic heterocycles. The van der Waals surface area contributed by atoms with E-state index in [4.69, 9.17) is 11.2 Å². The van der Waals surface area contributed by atoms with Crippen LogP contribution in [-0.2, 0) is 11.5 Å². The van der Waals surface area contributed by atoms with Crippen molar-refractivity contribution in [1.29, 1.82) is 0 Å². The summed E-state index contributed by atoms with van der Waals surface area (Å²) in [7, 11) is -1.17. The summed E-state index contributed by atoms with van der Waals surface area (Å²) in [5, 5.41) is 4.88. The largest absolute Gasteiger partial charge is 0.361 e. The summed E-state index contributed by atoms with van der Waals surface area (Å²) in [5.41, 5.74) is 2.15. The van der Waals surface area contributed by atoms with Gasteiger partial charge < -0.3 is 9.30 Å². The first-order valence-electron chi connectivity index (χ1n) is 10.7. The number of hydrogen-bond acceptors (Lipinski definition) is 6. The first-order valence-corrected chi connectivity index (χ1v) is 15.4. The summed E-state index contributed by atoms with van der Waals surface area (Å²) in [6.45, 7) is 7.97. The van der Waals surface area contributed by atoms with Crippen molar-refractivity contribution in [2.45, 2.75) is 37.6 Å². The minimum absolute atomic E-state index is 0.339. The van der Waals surface area contributed by atoms with E-state index in [1.807, 2.05) is 10.8 Å². The lowest BCUT2D eigenvalue weighted by molar-refractivity contribution is 0.0871. The number of thioether (sulfide) groups is 1. The van der Waals surface area contributed by atoms with Gasteiger partial charge in [0, 0.05) is 20.9 Å². The van der Waals surface area contributed by atoms with Crippen LogP contribution in [0.25, 0.3) is 28.2 Å². The van der Waals surface area contributed by atoms with Crippen LogP contribution < -0.4 is 5.69 Å². The fraction of sp³-hybridized carbons (Fsp3) is 0.304. The molecule has 0 saturated heterocycles. The fourth-order valence-electron chi connectivity index (χ4n) is 3.26. The number of nitrogens with one attached hydrogen (secondary N) is 1. The van der Waals surface area contributed by atoms with E-state index in [9.17, 15) is 9.18 Å². The van der Waals surface area contributed by atoms with Crippen LogP contribution in [0.15, 0.2) is 46.7 Å². The molecule has 0 saturated carbocycles. The van der Waals surface area contributed by atoms with E-state index in [0.717, 1.165) is 6.04 Å². The standard InChI is InChI=1S/C23H25FN6O2SSi/c1-5-11-33-22-26-21-19(16-6-8-17(24)9-7-16)20(28-30(21)23(31)27-22)18-13-29(14-25-18)15-32-10-12-34(2,3)4/h1,6-9,13-14H,10-12,15H2,2-4H3,(H,26,27,31). The first kappa shape index (κ1) is 23.9.